The molecule has 0 saturated carbocycles. The maximum atomic E-state index is 13.4. The van der Waals surface area contributed by atoms with Crippen LogP contribution in [-0.2, 0) is 33.4 Å². The van der Waals surface area contributed by atoms with Crippen LogP contribution < -0.4 is 16.0 Å². The lowest BCUT2D eigenvalue weighted by molar-refractivity contribution is -0.146. The quantitative estimate of drug-likeness (QED) is 0.207. The van der Waals surface area contributed by atoms with Crippen molar-refractivity contribution in [1.82, 2.24) is 20.9 Å². The molecule has 1 rings (SSSR count). The topological polar surface area (TPSA) is 160 Å². The van der Waals surface area contributed by atoms with Crippen LogP contribution in [0.1, 0.15) is 73.6 Å². The van der Waals surface area contributed by atoms with Gasteiger partial charge in [-0.05, 0) is 37.5 Å². The van der Waals surface area contributed by atoms with Crippen LogP contribution in [0.4, 0.5) is 4.79 Å². The predicted molar refractivity (Wildman–Crippen MR) is 139 cm³/mol. The van der Waals surface area contributed by atoms with Gasteiger partial charge in [0.05, 0.1) is 19.3 Å². The largest absolute Gasteiger partial charge is 0.464 e. The fourth-order valence-electron chi connectivity index (χ4n) is 3.90. The third kappa shape index (κ3) is 10.7. The van der Waals surface area contributed by atoms with Crippen LogP contribution in [0.25, 0.3) is 0 Å². The smallest absolute Gasteiger partial charge is 0.407 e. The number of hydrogen-bond acceptors (Lipinski definition) is 8. The van der Waals surface area contributed by atoms with Gasteiger partial charge >= 0.3 is 12.1 Å². The minimum absolute atomic E-state index is 0.136. The van der Waals surface area contributed by atoms with Crippen molar-refractivity contribution < 1.29 is 38.2 Å². The molecule has 3 N–H and O–H groups in total. The number of amides is 4. The highest BCUT2D eigenvalue weighted by Crippen LogP contribution is 2.21. The minimum Gasteiger partial charge on any atom is -0.464 e. The second-order valence-electron chi connectivity index (χ2n) is 10.2. The summed E-state index contributed by atoms with van der Waals surface area (Å²) in [5.41, 5.74) is 0. The van der Waals surface area contributed by atoms with E-state index in [2.05, 4.69) is 16.0 Å². The molecular weight excluding hydrogens is 496 g/mol. The minimum atomic E-state index is -1.11. The number of ketones is 1. The van der Waals surface area contributed by atoms with Crippen molar-refractivity contribution in [3.63, 3.8) is 0 Å². The summed E-state index contributed by atoms with van der Waals surface area (Å²) in [6.45, 7) is 11.3. The molecule has 1 saturated heterocycles. The van der Waals surface area contributed by atoms with Crippen LogP contribution in [0.15, 0.2) is 0 Å². The normalized spacial score (nSPS) is 16.5. The maximum absolute atomic E-state index is 13.4. The molecule has 3 atom stereocenters. The standard InChI is InChI=1S/C26H44N4O8/c1-7-10-18(22(32)24(34)27-14-20(31)37-13-8-2)28-23(33)19-11-9-12-30(19)25(35)21(17(5)6)29-26(36)38-15-16(3)4/h16-19,21H,7-15H2,1-6H3,(H,27,34)(H,28,33)(H,29,36)/t18?,19-,21-/m0/s1. The second kappa shape index (κ2) is 16.6. The molecule has 12 heteroatoms. The molecule has 0 radical (unpaired) electrons. The first-order chi connectivity index (χ1) is 17.9. The third-order valence-electron chi connectivity index (χ3n) is 5.89. The van der Waals surface area contributed by atoms with E-state index in [1.54, 1.807) is 20.8 Å². The maximum Gasteiger partial charge on any atom is 0.407 e. The van der Waals surface area contributed by atoms with Gasteiger partial charge in [0, 0.05) is 6.54 Å². The zero-order valence-electron chi connectivity index (χ0n) is 23.5. The zero-order valence-corrected chi connectivity index (χ0v) is 23.5. The number of hydrogen-bond donors (Lipinski definition) is 3. The Morgan fingerprint density at radius 1 is 0.947 bits per heavy atom. The van der Waals surface area contributed by atoms with Gasteiger partial charge in [-0.15, -0.1) is 0 Å². The number of carbonyl (C=O) groups is 6. The van der Waals surface area contributed by atoms with Crippen LogP contribution in [0.3, 0.4) is 0 Å². The van der Waals surface area contributed by atoms with Crippen LogP contribution in [0.5, 0.6) is 0 Å². The van der Waals surface area contributed by atoms with E-state index in [9.17, 15) is 28.8 Å². The molecule has 38 heavy (non-hydrogen) atoms. The summed E-state index contributed by atoms with van der Waals surface area (Å²) >= 11 is 0. The summed E-state index contributed by atoms with van der Waals surface area (Å²) in [7, 11) is 0. The van der Waals surface area contributed by atoms with Gasteiger partial charge in [0.25, 0.3) is 5.91 Å². The first kappa shape index (κ1) is 32.8. The average Bonchev–Trinajstić information content (AvgIpc) is 3.36. The fourth-order valence-corrected chi connectivity index (χ4v) is 3.90. The van der Waals surface area contributed by atoms with Crippen LogP contribution >= 0.6 is 0 Å². The number of esters is 1. The number of rotatable bonds is 15. The number of nitrogens with zero attached hydrogens (tertiary/aromatic N) is 1. The Balaban J connectivity index is 2.86. The molecular formula is C26H44N4O8. The van der Waals surface area contributed by atoms with Crippen LogP contribution in [0.2, 0.25) is 0 Å². The lowest BCUT2D eigenvalue weighted by atomic mass is 10.0. The molecule has 1 aliphatic heterocycles. The number of Topliss-reactive ketones (excluding diaryl/α,β-unsaturated/α-hetero) is 1. The molecule has 0 aliphatic carbocycles. The highest BCUT2D eigenvalue weighted by molar-refractivity contribution is 6.38. The average molecular weight is 541 g/mol. The number of nitrogens with one attached hydrogen (secondary N) is 3. The molecule has 0 aromatic carbocycles. The van der Waals surface area contributed by atoms with Crippen molar-refractivity contribution in [3.8, 4) is 0 Å². The Morgan fingerprint density at radius 2 is 1.63 bits per heavy atom. The number of carbonyl (C=O) groups excluding carboxylic acids is 6. The van der Waals surface area contributed by atoms with Gasteiger partial charge in [0.2, 0.25) is 17.6 Å². The van der Waals surface area contributed by atoms with Crippen LogP contribution in [-0.4, -0.2) is 84.9 Å². The molecule has 0 bridgehead atoms. The van der Waals surface area contributed by atoms with Crippen LogP contribution in [0, 0.1) is 11.8 Å². The summed E-state index contributed by atoms with van der Waals surface area (Å²) in [6.07, 6.45) is 1.58. The van der Waals surface area contributed by atoms with Gasteiger partial charge in [-0.1, -0.05) is 48.0 Å². The molecule has 1 aliphatic rings. The van der Waals surface area contributed by atoms with Crippen molar-refractivity contribution in [2.24, 2.45) is 11.8 Å². The van der Waals surface area contributed by atoms with Crippen molar-refractivity contribution in [1.29, 1.82) is 0 Å². The Bertz CT molecular complexity index is 845. The van der Waals surface area contributed by atoms with E-state index >= 15 is 0 Å². The molecule has 1 heterocycles. The molecule has 0 aromatic heterocycles. The number of alkyl carbamates (subject to hydrolysis) is 1. The summed E-state index contributed by atoms with van der Waals surface area (Å²) in [5, 5.41) is 7.46. The van der Waals surface area contributed by atoms with Gasteiger partial charge in [-0.2, -0.15) is 0 Å². The Kier molecular flexibility index (Phi) is 14.4. The molecule has 216 valence electrons. The van der Waals surface area contributed by atoms with E-state index in [1.807, 2.05) is 20.8 Å². The molecule has 0 spiro atoms. The van der Waals surface area contributed by atoms with Crippen molar-refractivity contribution in [2.75, 3.05) is 26.3 Å². The third-order valence-corrected chi connectivity index (χ3v) is 5.89. The van der Waals surface area contributed by atoms with Crippen molar-refractivity contribution in [2.45, 2.75) is 91.8 Å². The van der Waals surface area contributed by atoms with Gasteiger partial charge in [-0.3, -0.25) is 24.0 Å². The molecule has 1 unspecified atom stereocenters. The highest BCUT2D eigenvalue weighted by atomic mass is 16.5. The highest BCUT2D eigenvalue weighted by Gasteiger charge is 2.40. The summed E-state index contributed by atoms with van der Waals surface area (Å²) in [4.78, 5) is 76.8. The van der Waals surface area contributed by atoms with E-state index in [0.717, 1.165) is 0 Å². The molecule has 12 nitrogen and oxygen atoms in total. The zero-order chi connectivity index (χ0) is 28.8. The summed E-state index contributed by atoms with van der Waals surface area (Å²) in [6, 6.07) is -2.85. The Labute approximate surface area is 224 Å². The van der Waals surface area contributed by atoms with Gasteiger partial charge < -0.3 is 30.3 Å². The van der Waals surface area contributed by atoms with E-state index < -0.39 is 60.2 Å². The Morgan fingerprint density at radius 3 is 2.21 bits per heavy atom. The summed E-state index contributed by atoms with van der Waals surface area (Å²) in [5.74, 6) is -3.64. The number of ether oxygens (including phenoxy) is 2. The van der Waals surface area contributed by atoms with Gasteiger partial charge in [0.15, 0.2) is 0 Å². The first-order valence-electron chi connectivity index (χ1n) is 13.4. The summed E-state index contributed by atoms with van der Waals surface area (Å²) < 4.78 is 10.0. The Hall–Kier alpha value is -3.18. The first-order valence-corrected chi connectivity index (χ1v) is 13.4. The molecule has 1 fully saturated rings. The van der Waals surface area contributed by atoms with E-state index in [-0.39, 0.29) is 31.5 Å². The van der Waals surface area contributed by atoms with E-state index in [4.69, 9.17) is 9.47 Å². The lowest BCUT2D eigenvalue weighted by Crippen LogP contribution is -2.57. The van der Waals surface area contributed by atoms with Gasteiger partial charge in [0.1, 0.15) is 18.6 Å². The lowest BCUT2D eigenvalue weighted by Gasteiger charge is -2.31. The van der Waals surface area contributed by atoms with Crippen molar-refractivity contribution >= 4 is 35.6 Å². The second-order valence-corrected chi connectivity index (χ2v) is 10.2. The van der Waals surface area contributed by atoms with E-state index in [1.165, 1.54) is 4.90 Å². The predicted octanol–water partition coefficient (Wildman–Crippen LogP) is 1.31. The molecule has 4 amide bonds. The van der Waals surface area contributed by atoms with Gasteiger partial charge in [-0.25, -0.2) is 4.79 Å². The number of likely N-dealkylation sites (tertiary alicyclic amines) is 1. The fraction of sp³-hybridized carbons (Fsp3) is 0.769. The monoisotopic (exact) mass is 540 g/mol. The molecule has 0 aromatic rings. The van der Waals surface area contributed by atoms with Crippen molar-refractivity contribution in [3.05, 3.63) is 0 Å². The SMILES string of the molecule is CCCOC(=O)CNC(=O)C(=O)C(CCC)NC(=O)[C@@H]1CCCN1C(=O)[C@@H](NC(=O)OCC(C)C)C(C)C. The van der Waals surface area contributed by atoms with E-state index in [0.29, 0.717) is 32.2 Å².